The first-order valence-corrected chi connectivity index (χ1v) is 11.3. The number of oxime groups is 1. The summed E-state index contributed by atoms with van der Waals surface area (Å²) < 4.78 is 4.98. The highest BCUT2D eigenvalue weighted by Crippen LogP contribution is 2.44. The fourth-order valence-electron chi connectivity index (χ4n) is 3.73. The molecular formula is C26H23N3O3S. The van der Waals surface area contributed by atoms with Crippen LogP contribution in [0.5, 0.6) is 0 Å². The third-order valence-electron chi connectivity index (χ3n) is 5.10. The van der Waals surface area contributed by atoms with Crippen LogP contribution in [0.1, 0.15) is 23.6 Å². The third kappa shape index (κ3) is 4.63. The van der Waals surface area contributed by atoms with E-state index in [0.717, 1.165) is 34.2 Å². The Morgan fingerprint density at radius 2 is 1.61 bits per heavy atom. The van der Waals surface area contributed by atoms with Crippen molar-refractivity contribution in [2.24, 2.45) is 5.16 Å². The maximum atomic E-state index is 12.0. The van der Waals surface area contributed by atoms with Gasteiger partial charge in [0.05, 0.1) is 12.3 Å². The molecule has 0 atom stereocenters. The van der Waals surface area contributed by atoms with Crippen molar-refractivity contribution in [3.05, 3.63) is 107 Å². The molecule has 33 heavy (non-hydrogen) atoms. The Labute approximate surface area is 196 Å². The Morgan fingerprint density at radius 1 is 1.00 bits per heavy atom. The molecule has 0 aliphatic heterocycles. The molecule has 3 aromatic carbocycles. The predicted octanol–water partition coefficient (Wildman–Crippen LogP) is 5.25. The quantitative estimate of drug-likeness (QED) is 0.169. The fourth-order valence-corrected chi connectivity index (χ4v) is 4.29. The summed E-state index contributed by atoms with van der Waals surface area (Å²) in [4.78, 5) is 22.7. The minimum atomic E-state index is -1.17. The molecule has 0 bridgehead atoms. The number of carbonyl (C=O) groups is 1. The van der Waals surface area contributed by atoms with Gasteiger partial charge in [-0.2, -0.15) is 0 Å². The average molecular weight is 458 g/mol. The minimum Gasteiger partial charge on any atom is -0.462 e. The van der Waals surface area contributed by atoms with E-state index in [9.17, 15) is 4.79 Å². The molecule has 0 saturated heterocycles. The minimum absolute atomic E-state index is 0.251. The third-order valence-corrected chi connectivity index (χ3v) is 5.77. The molecule has 4 rings (SSSR count). The molecule has 6 nitrogen and oxygen atoms in total. The highest BCUT2D eigenvalue weighted by Gasteiger charge is 2.41. The topological polar surface area (TPSA) is 86.8 Å². The fraction of sp³-hybridized carbons (Fsp3) is 0.115. The summed E-state index contributed by atoms with van der Waals surface area (Å²) in [5, 5.41) is 6.48. The molecule has 166 valence electrons. The lowest BCUT2D eigenvalue weighted by molar-refractivity contribution is -0.134. The first kappa shape index (κ1) is 22.2. The van der Waals surface area contributed by atoms with E-state index in [1.165, 1.54) is 11.3 Å². The van der Waals surface area contributed by atoms with Crippen LogP contribution in [0.3, 0.4) is 0 Å². The van der Waals surface area contributed by atoms with Crippen molar-refractivity contribution in [2.45, 2.75) is 12.5 Å². The average Bonchev–Trinajstić information content (AvgIpc) is 3.29. The lowest BCUT2D eigenvalue weighted by Crippen LogP contribution is -2.32. The predicted molar refractivity (Wildman–Crippen MR) is 131 cm³/mol. The highest BCUT2D eigenvalue weighted by molar-refractivity contribution is 7.13. The lowest BCUT2D eigenvalue weighted by atomic mass is 9.78. The number of ether oxygens (including phenoxy) is 1. The number of thiazole rings is 1. The Balaban J connectivity index is 1.98. The van der Waals surface area contributed by atoms with Crippen LogP contribution in [-0.4, -0.2) is 23.8 Å². The van der Waals surface area contributed by atoms with Gasteiger partial charge in [-0.15, -0.1) is 11.3 Å². The maximum Gasteiger partial charge on any atom is 0.352 e. The molecule has 0 fully saturated rings. The largest absolute Gasteiger partial charge is 0.462 e. The van der Waals surface area contributed by atoms with Crippen LogP contribution < -0.4 is 5.73 Å². The number of nitrogens with two attached hydrogens (primary N) is 1. The second-order valence-electron chi connectivity index (χ2n) is 7.11. The van der Waals surface area contributed by atoms with Crippen molar-refractivity contribution in [3.63, 3.8) is 0 Å². The smallest absolute Gasteiger partial charge is 0.352 e. The summed E-state index contributed by atoms with van der Waals surface area (Å²) in [6.07, 6.45) is 1.05. The van der Waals surface area contributed by atoms with E-state index in [2.05, 4.69) is 10.1 Å². The summed E-state index contributed by atoms with van der Waals surface area (Å²) in [7, 11) is 0. The number of nitrogens with zero attached hydrogens (tertiary/aromatic N) is 2. The normalized spacial score (nSPS) is 11.4. The number of hydrogen-bond donors (Lipinski definition) is 1. The molecule has 0 aliphatic rings. The number of nitrogen functional groups attached to an aromatic ring is 1. The zero-order chi connectivity index (χ0) is 23.1. The van der Waals surface area contributed by atoms with E-state index in [4.69, 9.17) is 15.3 Å². The number of anilines is 1. The van der Waals surface area contributed by atoms with Crippen LogP contribution in [0.2, 0.25) is 0 Å². The Bertz CT molecular complexity index is 1200. The molecule has 0 saturated carbocycles. The first-order chi connectivity index (χ1) is 16.1. The first-order valence-electron chi connectivity index (χ1n) is 10.5. The molecule has 0 radical (unpaired) electrons. The molecule has 0 spiro atoms. The van der Waals surface area contributed by atoms with Crippen LogP contribution in [-0.2, 0) is 20.0 Å². The van der Waals surface area contributed by atoms with Crippen LogP contribution in [0.25, 0.3) is 11.3 Å². The van der Waals surface area contributed by atoms with E-state index >= 15 is 0 Å². The number of benzene rings is 3. The zero-order valence-corrected chi connectivity index (χ0v) is 18.9. The zero-order valence-electron chi connectivity index (χ0n) is 18.0. The van der Waals surface area contributed by atoms with Gasteiger partial charge in [-0.05, 0) is 6.92 Å². The van der Waals surface area contributed by atoms with E-state index in [1.54, 1.807) is 6.92 Å². The van der Waals surface area contributed by atoms with Crippen molar-refractivity contribution in [2.75, 3.05) is 12.3 Å². The van der Waals surface area contributed by atoms with Gasteiger partial charge in [0.2, 0.25) is 5.60 Å². The van der Waals surface area contributed by atoms with E-state index in [1.807, 2.05) is 90.3 Å². The molecule has 0 unspecified atom stereocenters. The number of esters is 1. The second kappa shape index (κ2) is 10.1. The summed E-state index contributed by atoms with van der Waals surface area (Å²) in [6, 6.07) is 27.4. The van der Waals surface area contributed by atoms with Gasteiger partial charge in [0.1, 0.15) is 0 Å². The number of carbonyl (C=O) groups excluding carboxylic acids is 1. The Morgan fingerprint density at radius 3 is 2.18 bits per heavy atom. The van der Waals surface area contributed by atoms with Gasteiger partial charge in [-0.3, -0.25) is 0 Å². The van der Waals surface area contributed by atoms with Gasteiger partial charge < -0.3 is 15.3 Å². The molecule has 2 N–H and O–H groups in total. The Kier molecular flexibility index (Phi) is 6.80. The van der Waals surface area contributed by atoms with Gasteiger partial charge in [-0.25, -0.2) is 9.78 Å². The summed E-state index contributed by atoms with van der Waals surface area (Å²) in [5.41, 5.74) is 8.86. The standard InChI is InChI=1S/C26H23N3O3S/c1-2-31-24(30)17-28-32-26(19-11-5-3-6-12-19,20-13-7-4-8-14-20)22-16-10-9-15-21(22)23-18-33-25(27)29-23/h3-18H,2H2,1H3,(H2,27,29). The number of hydrogen-bond acceptors (Lipinski definition) is 7. The summed E-state index contributed by atoms with van der Waals surface area (Å²) >= 11 is 1.37. The van der Waals surface area contributed by atoms with Crippen molar-refractivity contribution >= 4 is 28.7 Å². The van der Waals surface area contributed by atoms with Crippen LogP contribution in [0.4, 0.5) is 5.13 Å². The maximum absolute atomic E-state index is 12.0. The molecule has 0 amide bonds. The van der Waals surface area contributed by atoms with Gasteiger partial charge in [-0.1, -0.05) is 90.1 Å². The summed E-state index contributed by atoms with van der Waals surface area (Å²) in [5.74, 6) is -0.576. The summed E-state index contributed by atoms with van der Waals surface area (Å²) in [6.45, 7) is 1.99. The number of rotatable bonds is 8. The highest BCUT2D eigenvalue weighted by atomic mass is 32.1. The van der Waals surface area contributed by atoms with Crippen molar-refractivity contribution < 1.29 is 14.4 Å². The SMILES string of the molecule is CCOC(=O)C=NOC(c1ccccc1)(c1ccccc1)c1ccccc1-c1csc(N)n1. The molecule has 1 heterocycles. The van der Waals surface area contributed by atoms with Crippen molar-refractivity contribution in [1.82, 2.24) is 4.98 Å². The van der Waals surface area contributed by atoms with E-state index in [-0.39, 0.29) is 6.61 Å². The van der Waals surface area contributed by atoms with E-state index in [0.29, 0.717) is 5.13 Å². The van der Waals surface area contributed by atoms with Crippen LogP contribution >= 0.6 is 11.3 Å². The molecule has 7 heteroatoms. The molecule has 1 aromatic heterocycles. The second-order valence-corrected chi connectivity index (χ2v) is 8.00. The van der Waals surface area contributed by atoms with Gasteiger partial charge in [0.25, 0.3) is 0 Å². The molecule has 4 aromatic rings. The lowest BCUT2D eigenvalue weighted by Gasteiger charge is -2.34. The van der Waals surface area contributed by atoms with Crippen LogP contribution in [0, 0.1) is 0 Å². The van der Waals surface area contributed by atoms with E-state index < -0.39 is 11.6 Å². The Hall–Kier alpha value is -3.97. The van der Waals surface area contributed by atoms with Crippen LogP contribution in [0.15, 0.2) is 95.5 Å². The molecular weight excluding hydrogens is 434 g/mol. The van der Waals surface area contributed by atoms with Crippen molar-refractivity contribution in [1.29, 1.82) is 0 Å². The van der Waals surface area contributed by atoms with Gasteiger partial charge in [0, 0.05) is 27.6 Å². The van der Waals surface area contributed by atoms with Crippen molar-refractivity contribution in [3.8, 4) is 11.3 Å². The number of aromatic nitrogens is 1. The van der Waals surface area contributed by atoms with Gasteiger partial charge >= 0.3 is 5.97 Å². The molecule has 0 aliphatic carbocycles. The van der Waals surface area contributed by atoms with Gasteiger partial charge in [0.15, 0.2) is 11.3 Å². The monoisotopic (exact) mass is 457 g/mol.